The van der Waals surface area contributed by atoms with Crippen LogP contribution in [0.3, 0.4) is 0 Å². The molecule has 0 N–H and O–H groups in total. The fourth-order valence-corrected chi connectivity index (χ4v) is 1.90. The zero-order valence-electron chi connectivity index (χ0n) is 12.1. The molecule has 1 unspecified atom stereocenters. The second-order valence-electron chi connectivity index (χ2n) is 5.54. The SMILES string of the molecule is CCOC(CC)C(=O)c1ccc(C(C)(C)C)cc1. The molecule has 0 saturated carbocycles. The molecule has 0 bridgehead atoms. The first-order chi connectivity index (χ1) is 8.40. The van der Waals surface area contributed by atoms with Crippen molar-refractivity contribution in [2.24, 2.45) is 0 Å². The van der Waals surface area contributed by atoms with E-state index >= 15 is 0 Å². The molecule has 0 radical (unpaired) electrons. The van der Waals surface area contributed by atoms with Crippen molar-refractivity contribution in [3.63, 3.8) is 0 Å². The standard InChI is InChI=1S/C16H24O2/c1-6-14(18-7-2)15(17)12-8-10-13(11-9-12)16(3,4)5/h8-11,14H,6-7H2,1-5H3. The van der Waals surface area contributed by atoms with Gasteiger partial charge in [-0.15, -0.1) is 0 Å². The van der Waals surface area contributed by atoms with Crippen molar-refractivity contribution in [1.29, 1.82) is 0 Å². The van der Waals surface area contributed by atoms with E-state index in [2.05, 4.69) is 20.8 Å². The van der Waals surface area contributed by atoms with Gasteiger partial charge >= 0.3 is 0 Å². The molecule has 2 heteroatoms. The van der Waals surface area contributed by atoms with Crippen molar-refractivity contribution in [1.82, 2.24) is 0 Å². The first-order valence-corrected chi connectivity index (χ1v) is 6.66. The molecule has 2 nitrogen and oxygen atoms in total. The van der Waals surface area contributed by atoms with Gasteiger partial charge in [0.1, 0.15) is 6.10 Å². The van der Waals surface area contributed by atoms with Gasteiger partial charge < -0.3 is 4.74 Å². The topological polar surface area (TPSA) is 26.3 Å². The van der Waals surface area contributed by atoms with E-state index in [-0.39, 0.29) is 17.3 Å². The zero-order chi connectivity index (χ0) is 13.8. The highest BCUT2D eigenvalue weighted by molar-refractivity contribution is 5.99. The van der Waals surface area contributed by atoms with Gasteiger partial charge in [0.05, 0.1) is 0 Å². The molecule has 0 fully saturated rings. The van der Waals surface area contributed by atoms with Gasteiger partial charge in [0.2, 0.25) is 0 Å². The predicted octanol–water partition coefficient (Wildman–Crippen LogP) is 3.98. The van der Waals surface area contributed by atoms with Crippen LogP contribution in [0.25, 0.3) is 0 Å². The zero-order valence-corrected chi connectivity index (χ0v) is 12.1. The minimum Gasteiger partial charge on any atom is -0.370 e. The monoisotopic (exact) mass is 248 g/mol. The lowest BCUT2D eigenvalue weighted by molar-refractivity contribution is 0.0444. The highest BCUT2D eigenvalue weighted by Gasteiger charge is 2.19. The Morgan fingerprint density at radius 2 is 1.72 bits per heavy atom. The summed E-state index contributed by atoms with van der Waals surface area (Å²) in [6.45, 7) is 11.0. The molecule has 1 atom stereocenters. The number of hydrogen-bond donors (Lipinski definition) is 0. The van der Waals surface area contributed by atoms with Crippen LogP contribution < -0.4 is 0 Å². The number of ether oxygens (including phenoxy) is 1. The highest BCUT2D eigenvalue weighted by Crippen LogP contribution is 2.22. The van der Waals surface area contributed by atoms with Crippen LogP contribution in [0.15, 0.2) is 24.3 Å². The first kappa shape index (κ1) is 14.9. The molecule has 0 spiro atoms. The van der Waals surface area contributed by atoms with Crippen LogP contribution in [0.5, 0.6) is 0 Å². The van der Waals surface area contributed by atoms with E-state index in [1.807, 2.05) is 38.1 Å². The van der Waals surface area contributed by atoms with Crippen molar-refractivity contribution in [2.75, 3.05) is 6.61 Å². The Balaban J connectivity index is 2.88. The van der Waals surface area contributed by atoms with Gasteiger partial charge in [-0.25, -0.2) is 0 Å². The second-order valence-corrected chi connectivity index (χ2v) is 5.54. The molecule has 100 valence electrons. The summed E-state index contributed by atoms with van der Waals surface area (Å²) in [7, 11) is 0. The lowest BCUT2D eigenvalue weighted by Crippen LogP contribution is -2.23. The van der Waals surface area contributed by atoms with E-state index in [1.54, 1.807) is 0 Å². The normalized spacial score (nSPS) is 13.4. The molecule has 1 aromatic carbocycles. The maximum absolute atomic E-state index is 12.2. The fourth-order valence-electron chi connectivity index (χ4n) is 1.90. The lowest BCUT2D eigenvalue weighted by Gasteiger charge is -2.19. The summed E-state index contributed by atoms with van der Waals surface area (Å²) >= 11 is 0. The number of carbonyl (C=O) groups excluding carboxylic acids is 1. The molecule has 0 aliphatic rings. The second kappa shape index (κ2) is 6.14. The molecular weight excluding hydrogens is 224 g/mol. The molecule has 1 aromatic rings. The smallest absolute Gasteiger partial charge is 0.191 e. The molecule has 0 aromatic heterocycles. The Morgan fingerprint density at radius 1 is 1.17 bits per heavy atom. The summed E-state index contributed by atoms with van der Waals surface area (Å²) in [5.74, 6) is 0.0832. The van der Waals surface area contributed by atoms with Crippen molar-refractivity contribution in [2.45, 2.75) is 52.6 Å². The fraction of sp³-hybridized carbons (Fsp3) is 0.562. The average Bonchev–Trinajstić information content (AvgIpc) is 2.34. The Morgan fingerprint density at radius 3 is 2.11 bits per heavy atom. The van der Waals surface area contributed by atoms with Crippen LogP contribution in [-0.2, 0) is 10.2 Å². The van der Waals surface area contributed by atoms with Crippen LogP contribution in [0.4, 0.5) is 0 Å². The Labute approximate surface area is 110 Å². The third kappa shape index (κ3) is 3.67. The number of ketones is 1. The summed E-state index contributed by atoms with van der Waals surface area (Å²) in [4.78, 5) is 12.2. The third-order valence-corrected chi connectivity index (χ3v) is 3.07. The van der Waals surface area contributed by atoms with Gasteiger partial charge in [-0.05, 0) is 24.3 Å². The maximum atomic E-state index is 12.2. The third-order valence-electron chi connectivity index (χ3n) is 3.07. The van der Waals surface area contributed by atoms with E-state index in [4.69, 9.17) is 4.74 Å². The number of hydrogen-bond acceptors (Lipinski definition) is 2. The Bertz CT molecular complexity index is 385. The molecule has 0 aliphatic heterocycles. The van der Waals surface area contributed by atoms with Crippen molar-refractivity contribution in [3.8, 4) is 0 Å². The summed E-state index contributed by atoms with van der Waals surface area (Å²) in [6, 6.07) is 7.88. The number of rotatable bonds is 5. The molecule has 1 rings (SSSR count). The lowest BCUT2D eigenvalue weighted by atomic mass is 9.86. The average molecular weight is 248 g/mol. The number of benzene rings is 1. The van der Waals surface area contributed by atoms with Crippen LogP contribution >= 0.6 is 0 Å². The van der Waals surface area contributed by atoms with Crippen LogP contribution in [0, 0.1) is 0 Å². The Hall–Kier alpha value is -1.15. The first-order valence-electron chi connectivity index (χ1n) is 6.66. The molecule has 18 heavy (non-hydrogen) atoms. The van der Waals surface area contributed by atoms with E-state index < -0.39 is 0 Å². The highest BCUT2D eigenvalue weighted by atomic mass is 16.5. The molecule has 0 saturated heterocycles. The minimum atomic E-state index is -0.310. The number of carbonyl (C=O) groups is 1. The predicted molar refractivity (Wildman–Crippen MR) is 75.2 cm³/mol. The Kier molecular flexibility index (Phi) is 5.09. The quantitative estimate of drug-likeness (QED) is 0.737. The summed E-state index contributed by atoms with van der Waals surface area (Å²) < 4.78 is 5.46. The van der Waals surface area contributed by atoms with Crippen molar-refractivity contribution in [3.05, 3.63) is 35.4 Å². The van der Waals surface area contributed by atoms with E-state index in [9.17, 15) is 4.79 Å². The van der Waals surface area contributed by atoms with E-state index in [1.165, 1.54) is 5.56 Å². The van der Waals surface area contributed by atoms with Gasteiger partial charge in [-0.1, -0.05) is 52.0 Å². The van der Waals surface area contributed by atoms with Crippen molar-refractivity contribution >= 4 is 5.78 Å². The van der Waals surface area contributed by atoms with Crippen LogP contribution in [-0.4, -0.2) is 18.5 Å². The number of Topliss-reactive ketones (excluding diaryl/α,β-unsaturated/α-hetero) is 1. The van der Waals surface area contributed by atoms with Gasteiger partial charge in [0.15, 0.2) is 5.78 Å². The summed E-state index contributed by atoms with van der Waals surface area (Å²) in [5, 5.41) is 0. The summed E-state index contributed by atoms with van der Waals surface area (Å²) in [6.07, 6.45) is 0.406. The largest absolute Gasteiger partial charge is 0.370 e. The van der Waals surface area contributed by atoms with Gasteiger partial charge in [-0.2, -0.15) is 0 Å². The maximum Gasteiger partial charge on any atom is 0.191 e. The van der Waals surface area contributed by atoms with Gasteiger partial charge in [0, 0.05) is 12.2 Å². The molecule has 0 heterocycles. The van der Waals surface area contributed by atoms with Crippen molar-refractivity contribution < 1.29 is 9.53 Å². The molecular formula is C16H24O2. The minimum absolute atomic E-state index is 0.0832. The van der Waals surface area contributed by atoms with Crippen LogP contribution in [0.1, 0.15) is 57.0 Å². The molecule has 0 aliphatic carbocycles. The van der Waals surface area contributed by atoms with E-state index in [0.29, 0.717) is 13.0 Å². The summed E-state index contributed by atoms with van der Waals surface area (Å²) in [5.41, 5.74) is 2.10. The van der Waals surface area contributed by atoms with Gasteiger partial charge in [-0.3, -0.25) is 4.79 Å². The van der Waals surface area contributed by atoms with E-state index in [0.717, 1.165) is 5.56 Å². The molecule has 0 amide bonds. The van der Waals surface area contributed by atoms with Gasteiger partial charge in [0.25, 0.3) is 0 Å². The van der Waals surface area contributed by atoms with Crippen LogP contribution in [0.2, 0.25) is 0 Å².